The van der Waals surface area contributed by atoms with Crippen molar-refractivity contribution in [1.82, 2.24) is 14.8 Å². The molecule has 0 unspecified atom stereocenters. The van der Waals surface area contributed by atoms with E-state index in [1.165, 1.54) is 12.1 Å². The third-order valence-corrected chi connectivity index (χ3v) is 5.57. The molecule has 0 fully saturated rings. The Kier molecular flexibility index (Phi) is 6.43. The lowest BCUT2D eigenvalue weighted by Gasteiger charge is -2.08. The SMILES string of the molecule is CCn1c(S/C(=C\c2cc(Br)ccc2O)C(=O)O)nnc1-c1ccc(Cl)cc1. The summed E-state index contributed by atoms with van der Waals surface area (Å²) in [6.07, 6.45) is 1.41. The maximum atomic E-state index is 11.8. The topological polar surface area (TPSA) is 88.2 Å². The fraction of sp³-hybridized carbons (Fsp3) is 0.105. The number of hydrogen-bond acceptors (Lipinski definition) is 5. The predicted molar refractivity (Wildman–Crippen MR) is 113 cm³/mol. The summed E-state index contributed by atoms with van der Waals surface area (Å²) in [4.78, 5) is 11.8. The van der Waals surface area contributed by atoms with E-state index in [0.717, 1.165) is 21.8 Å². The van der Waals surface area contributed by atoms with Gasteiger partial charge < -0.3 is 14.8 Å². The molecule has 0 saturated carbocycles. The molecule has 0 atom stereocenters. The second-order valence-electron chi connectivity index (χ2n) is 5.68. The molecule has 3 rings (SSSR count). The first-order valence-corrected chi connectivity index (χ1v) is 10.2. The maximum absolute atomic E-state index is 11.8. The second kappa shape index (κ2) is 8.81. The summed E-state index contributed by atoms with van der Waals surface area (Å²) in [5, 5.41) is 29.0. The molecule has 144 valence electrons. The Hall–Kier alpha value is -2.29. The number of aliphatic carboxylic acids is 1. The maximum Gasteiger partial charge on any atom is 0.342 e. The molecule has 9 heteroatoms. The molecule has 0 aliphatic rings. The van der Waals surface area contributed by atoms with Crippen LogP contribution in [0.2, 0.25) is 5.02 Å². The van der Waals surface area contributed by atoms with Crippen molar-refractivity contribution in [3.05, 3.63) is 62.4 Å². The predicted octanol–water partition coefficient (Wildman–Crippen LogP) is 5.30. The summed E-state index contributed by atoms with van der Waals surface area (Å²) in [6, 6.07) is 12.0. The zero-order chi connectivity index (χ0) is 20.3. The highest BCUT2D eigenvalue weighted by atomic mass is 79.9. The molecule has 0 amide bonds. The van der Waals surface area contributed by atoms with E-state index in [1.54, 1.807) is 24.3 Å². The Morgan fingerprint density at radius 2 is 1.96 bits per heavy atom. The Balaban J connectivity index is 1.98. The van der Waals surface area contributed by atoms with Crippen LogP contribution in [0.4, 0.5) is 0 Å². The molecule has 0 aliphatic carbocycles. The standard InChI is InChI=1S/C19H15BrClN3O3S/c1-2-24-17(11-3-6-14(21)7-4-11)22-23-19(24)28-16(18(26)27)10-12-9-13(20)5-8-15(12)25/h3-10,25H,2H2,1H3,(H,26,27)/b16-10-. The van der Waals surface area contributed by atoms with Gasteiger partial charge in [-0.1, -0.05) is 27.5 Å². The number of nitrogens with zero attached hydrogens (tertiary/aromatic N) is 3. The lowest BCUT2D eigenvalue weighted by atomic mass is 10.2. The van der Waals surface area contributed by atoms with E-state index in [-0.39, 0.29) is 10.7 Å². The van der Waals surface area contributed by atoms with Crippen molar-refractivity contribution in [2.24, 2.45) is 0 Å². The molecule has 0 radical (unpaired) electrons. The van der Waals surface area contributed by atoms with Crippen molar-refractivity contribution in [2.45, 2.75) is 18.6 Å². The first-order valence-electron chi connectivity index (χ1n) is 8.19. The summed E-state index contributed by atoms with van der Waals surface area (Å²) >= 11 is 10.2. The Labute approximate surface area is 179 Å². The van der Waals surface area contributed by atoms with Crippen LogP contribution in [0.3, 0.4) is 0 Å². The highest BCUT2D eigenvalue weighted by Gasteiger charge is 2.18. The number of benzene rings is 2. The van der Waals surface area contributed by atoms with E-state index in [0.29, 0.717) is 28.1 Å². The van der Waals surface area contributed by atoms with Crippen molar-refractivity contribution in [3.63, 3.8) is 0 Å². The van der Waals surface area contributed by atoms with Gasteiger partial charge in [-0.15, -0.1) is 10.2 Å². The molecule has 1 aromatic heterocycles. The summed E-state index contributed by atoms with van der Waals surface area (Å²) in [6.45, 7) is 2.49. The van der Waals surface area contributed by atoms with Gasteiger partial charge in [-0.3, -0.25) is 0 Å². The Bertz CT molecular complexity index is 1050. The molecule has 2 N–H and O–H groups in total. The Morgan fingerprint density at radius 1 is 1.25 bits per heavy atom. The molecular weight excluding hydrogens is 466 g/mol. The number of phenols is 1. The molecule has 2 aromatic carbocycles. The van der Waals surface area contributed by atoms with Gasteiger partial charge in [-0.2, -0.15) is 0 Å². The highest BCUT2D eigenvalue weighted by Crippen LogP contribution is 2.33. The van der Waals surface area contributed by atoms with Gasteiger partial charge in [0.15, 0.2) is 11.0 Å². The molecule has 0 bridgehead atoms. The second-order valence-corrected chi connectivity index (χ2v) is 8.04. The number of carboxylic acid groups (broad SMARTS) is 1. The normalized spacial score (nSPS) is 11.6. The summed E-state index contributed by atoms with van der Waals surface area (Å²) < 4.78 is 2.55. The zero-order valence-corrected chi connectivity index (χ0v) is 17.8. The molecule has 6 nitrogen and oxygen atoms in total. The van der Waals surface area contributed by atoms with Crippen LogP contribution in [-0.2, 0) is 11.3 Å². The Morgan fingerprint density at radius 3 is 2.61 bits per heavy atom. The van der Waals surface area contributed by atoms with Crippen molar-refractivity contribution in [2.75, 3.05) is 0 Å². The first-order chi connectivity index (χ1) is 13.4. The minimum Gasteiger partial charge on any atom is -0.507 e. The fourth-order valence-corrected chi connectivity index (χ4v) is 3.86. The van der Waals surface area contributed by atoms with Crippen LogP contribution in [0, 0.1) is 0 Å². The van der Waals surface area contributed by atoms with Crippen LogP contribution in [0.15, 0.2) is 57.0 Å². The van der Waals surface area contributed by atoms with E-state index in [2.05, 4.69) is 26.1 Å². The first kappa shape index (κ1) is 20.4. The number of rotatable bonds is 6. The third-order valence-electron chi connectivity index (χ3n) is 3.82. The quantitative estimate of drug-likeness (QED) is 0.367. The summed E-state index contributed by atoms with van der Waals surface area (Å²) in [5.74, 6) is -0.513. The zero-order valence-electron chi connectivity index (χ0n) is 14.6. The number of aromatic nitrogens is 3. The van der Waals surface area contributed by atoms with Crippen LogP contribution < -0.4 is 0 Å². The summed E-state index contributed by atoms with van der Waals surface area (Å²) in [5.41, 5.74) is 1.22. The lowest BCUT2D eigenvalue weighted by molar-refractivity contribution is -0.131. The number of aromatic hydroxyl groups is 1. The van der Waals surface area contributed by atoms with Gasteiger partial charge in [-0.05, 0) is 67.2 Å². The van der Waals surface area contributed by atoms with Gasteiger partial charge in [-0.25, -0.2) is 4.79 Å². The smallest absolute Gasteiger partial charge is 0.342 e. The molecule has 0 spiro atoms. The van der Waals surface area contributed by atoms with Crippen LogP contribution in [0.25, 0.3) is 17.5 Å². The monoisotopic (exact) mass is 479 g/mol. The van der Waals surface area contributed by atoms with Gasteiger partial charge in [0.2, 0.25) is 0 Å². The average Bonchev–Trinajstić information content (AvgIpc) is 3.07. The largest absolute Gasteiger partial charge is 0.507 e. The molecule has 3 aromatic rings. The lowest BCUT2D eigenvalue weighted by Crippen LogP contribution is -2.02. The van der Waals surface area contributed by atoms with Gasteiger partial charge in [0.25, 0.3) is 0 Å². The van der Waals surface area contributed by atoms with Gasteiger partial charge in [0.05, 0.1) is 0 Å². The van der Waals surface area contributed by atoms with Crippen molar-refractivity contribution >= 4 is 51.3 Å². The number of carbonyl (C=O) groups is 1. The number of phenolic OH excluding ortho intramolecular Hbond substituents is 1. The van der Waals surface area contributed by atoms with Crippen molar-refractivity contribution < 1.29 is 15.0 Å². The van der Waals surface area contributed by atoms with Crippen LogP contribution in [0.5, 0.6) is 5.75 Å². The van der Waals surface area contributed by atoms with Crippen LogP contribution in [-0.4, -0.2) is 30.9 Å². The van der Waals surface area contributed by atoms with Gasteiger partial charge in [0, 0.05) is 27.2 Å². The number of halogens is 2. The molecule has 28 heavy (non-hydrogen) atoms. The minimum absolute atomic E-state index is 0.0122. The third kappa shape index (κ3) is 4.57. The molecule has 0 saturated heterocycles. The van der Waals surface area contributed by atoms with Crippen LogP contribution in [0.1, 0.15) is 12.5 Å². The number of carboxylic acids is 1. The van der Waals surface area contributed by atoms with E-state index < -0.39 is 5.97 Å². The van der Waals surface area contributed by atoms with Crippen LogP contribution >= 0.6 is 39.3 Å². The van der Waals surface area contributed by atoms with Gasteiger partial charge >= 0.3 is 5.97 Å². The highest BCUT2D eigenvalue weighted by molar-refractivity contribution is 9.10. The average molecular weight is 481 g/mol. The molecule has 0 aliphatic heterocycles. The minimum atomic E-state index is -1.12. The van der Waals surface area contributed by atoms with Crippen molar-refractivity contribution in [1.29, 1.82) is 0 Å². The fourth-order valence-electron chi connectivity index (χ4n) is 2.48. The molecular formula is C19H15BrClN3O3S. The van der Waals surface area contributed by atoms with E-state index in [1.807, 2.05) is 23.6 Å². The van der Waals surface area contributed by atoms with Crippen molar-refractivity contribution in [3.8, 4) is 17.1 Å². The molecule has 1 heterocycles. The van der Waals surface area contributed by atoms with E-state index in [4.69, 9.17) is 11.6 Å². The number of hydrogen-bond donors (Lipinski definition) is 2. The summed E-state index contributed by atoms with van der Waals surface area (Å²) in [7, 11) is 0. The van der Waals surface area contributed by atoms with E-state index in [9.17, 15) is 15.0 Å². The number of thioether (sulfide) groups is 1. The van der Waals surface area contributed by atoms with E-state index >= 15 is 0 Å². The van der Waals surface area contributed by atoms with Gasteiger partial charge in [0.1, 0.15) is 10.7 Å².